The first-order chi connectivity index (χ1) is 13.9. The number of non-ortho nitro benzene ring substituents is 1. The number of ether oxygens (including phenoxy) is 1. The van der Waals surface area contributed by atoms with E-state index in [1.807, 2.05) is 12.1 Å². The molecule has 8 nitrogen and oxygen atoms in total. The number of aromatic hydroxyl groups is 1. The number of fused-ring (bicyclic) bond motifs is 1. The summed E-state index contributed by atoms with van der Waals surface area (Å²) in [5.41, 5.74) is 0.836. The zero-order valence-electron chi connectivity index (χ0n) is 15.0. The number of nitro groups is 1. The molecule has 0 spiro atoms. The number of aromatic nitrogens is 1. The smallest absolute Gasteiger partial charge is 0.279 e. The Hall–Kier alpha value is -3.37. The van der Waals surface area contributed by atoms with Crippen LogP contribution in [-0.4, -0.2) is 27.6 Å². The second-order valence-electron chi connectivity index (χ2n) is 6.21. The van der Waals surface area contributed by atoms with E-state index in [2.05, 4.69) is 4.99 Å². The van der Waals surface area contributed by atoms with Gasteiger partial charge in [-0.2, -0.15) is 0 Å². The van der Waals surface area contributed by atoms with Crippen molar-refractivity contribution in [2.45, 2.75) is 6.54 Å². The van der Waals surface area contributed by atoms with Crippen molar-refractivity contribution in [3.05, 3.63) is 77.5 Å². The number of carbonyl (C=O) groups excluding carboxylic acids is 1. The summed E-state index contributed by atoms with van der Waals surface area (Å²) in [6.07, 6.45) is 0. The van der Waals surface area contributed by atoms with Gasteiger partial charge in [-0.25, -0.2) is 4.99 Å². The normalized spacial score (nSPS) is 12.6. The highest BCUT2D eigenvalue weighted by Gasteiger charge is 2.26. The van der Waals surface area contributed by atoms with E-state index < -0.39 is 10.8 Å². The number of nitrogens with zero attached hydrogens (tertiary/aromatic N) is 3. The summed E-state index contributed by atoms with van der Waals surface area (Å²) in [6.45, 7) is 0.297. The molecule has 1 aliphatic rings. The van der Waals surface area contributed by atoms with Gasteiger partial charge in [0.15, 0.2) is 3.95 Å². The third kappa shape index (κ3) is 3.32. The highest BCUT2D eigenvalue weighted by Crippen LogP contribution is 2.33. The van der Waals surface area contributed by atoms with Crippen LogP contribution < -0.4 is 15.3 Å². The molecule has 0 saturated carbocycles. The van der Waals surface area contributed by atoms with E-state index in [1.165, 1.54) is 22.8 Å². The lowest BCUT2D eigenvalue weighted by Crippen LogP contribution is -2.23. The van der Waals surface area contributed by atoms with Crippen molar-refractivity contribution in [2.24, 2.45) is 4.99 Å². The number of amides is 1. The minimum atomic E-state index is -0.566. The lowest BCUT2D eigenvalue weighted by Gasteiger charge is -2.07. The number of hydrogen-bond donors (Lipinski definition) is 1. The van der Waals surface area contributed by atoms with Gasteiger partial charge in [-0.3, -0.25) is 19.5 Å². The first-order valence-corrected chi connectivity index (χ1v) is 9.59. The molecule has 0 bridgehead atoms. The maximum atomic E-state index is 12.5. The monoisotopic (exact) mass is 427 g/mol. The van der Waals surface area contributed by atoms with Crippen LogP contribution in [-0.2, 0) is 11.3 Å². The molecule has 146 valence electrons. The quantitative estimate of drug-likeness (QED) is 0.380. The summed E-state index contributed by atoms with van der Waals surface area (Å²) in [7, 11) is 1.57. The van der Waals surface area contributed by atoms with Crippen LogP contribution in [0.1, 0.15) is 10.4 Å². The summed E-state index contributed by atoms with van der Waals surface area (Å²) < 4.78 is 7.01. The second kappa shape index (κ2) is 7.22. The molecule has 2 aromatic carbocycles. The van der Waals surface area contributed by atoms with Crippen molar-refractivity contribution in [3.63, 3.8) is 0 Å². The van der Waals surface area contributed by atoms with Gasteiger partial charge >= 0.3 is 0 Å². The third-order valence-electron chi connectivity index (χ3n) is 4.49. The molecule has 1 N–H and O–H groups in total. The fourth-order valence-corrected chi connectivity index (χ4v) is 4.39. The Labute approximate surface area is 172 Å². The fourth-order valence-electron chi connectivity index (χ4n) is 3.05. The maximum absolute atomic E-state index is 12.5. The molecule has 0 radical (unpaired) electrons. The summed E-state index contributed by atoms with van der Waals surface area (Å²) in [6, 6.07) is 11.3. The van der Waals surface area contributed by atoms with Crippen LogP contribution in [0.3, 0.4) is 0 Å². The van der Waals surface area contributed by atoms with Gasteiger partial charge in [0.25, 0.3) is 11.6 Å². The van der Waals surface area contributed by atoms with Crippen LogP contribution in [0.5, 0.6) is 11.6 Å². The van der Waals surface area contributed by atoms with E-state index in [4.69, 9.17) is 17.0 Å². The number of nitro benzene ring substituents is 1. The Bertz CT molecular complexity index is 1340. The van der Waals surface area contributed by atoms with Gasteiger partial charge in [0, 0.05) is 17.4 Å². The van der Waals surface area contributed by atoms with Crippen molar-refractivity contribution in [2.75, 3.05) is 7.11 Å². The molecule has 0 saturated heterocycles. The zero-order valence-corrected chi connectivity index (χ0v) is 16.6. The zero-order chi connectivity index (χ0) is 20.7. The molecule has 4 rings (SSSR count). The number of carbonyl (C=O) groups is 1. The van der Waals surface area contributed by atoms with Gasteiger partial charge in [0.05, 0.1) is 29.5 Å². The van der Waals surface area contributed by atoms with Crippen molar-refractivity contribution >= 4 is 40.7 Å². The van der Waals surface area contributed by atoms with Crippen LogP contribution in [0.25, 0.3) is 5.57 Å². The standard InChI is InChI=1S/C19H13N3O5S2/c1-27-12-5-2-10(3-6-12)9-21-18(24)16(29-19(21)28)15-13-8-11(22(25)26)4-7-14(13)20-17(15)23/h2-8,24H,9H2,1H3. The largest absolute Gasteiger partial charge is 0.497 e. The first-order valence-electron chi connectivity index (χ1n) is 8.36. The Morgan fingerprint density at radius 3 is 2.66 bits per heavy atom. The van der Waals surface area contributed by atoms with Crippen LogP contribution in [0.15, 0.2) is 47.5 Å². The SMILES string of the molecule is COc1ccc(Cn2c(O)c(C3=c4cc([N+](=O)[O-])ccc4=NC3=O)sc2=S)cc1. The lowest BCUT2D eigenvalue weighted by atomic mass is 10.1. The minimum absolute atomic E-state index is 0.116. The van der Waals surface area contributed by atoms with Gasteiger partial charge in [0.1, 0.15) is 10.6 Å². The molecule has 10 heteroatoms. The van der Waals surface area contributed by atoms with E-state index in [-0.39, 0.29) is 22.0 Å². The van der Waals surface area contributed by atoms with Crippen molar-refractivity contribution in [1.82, 2.24) is 4.57 Å². The van der Waals surface area contributed by atoms with Crippen LogP contribution in [0.4, 0.5) is 5.69 Å². The highest BCUT2D eigenvalue weighted by molar-refractivity contribution is 7.73. The molecule has 0 unspecified atom stereocenters. The van der Waals surface area contributed by atoms with E-state index in [0.29, 0.717) is 26.8 Å². The average Bonchev–Trinajstić information content (AvgIpc) is 3.17. The molecule has 0 fully saturated rings. The molecule has 29 heavy (non-hydrogen) atoms. The van der Waals surface area contributed by atoms with E-state index in [9.17, 15) is 20.0 Å². The third-order valence-corrected chi connectivity index (χ3v) is 5.95. The summed E-state index contributed by atoms with van der Waals surface area (Å²) >= 11 is 6.44. The van der Waals surface area contributed by atoms with Gasteiger partial charge < -0.3 is 9.84 Å². The average molecular weight is 427 g/mol. The van der Waals surface area contributed by atoms with Crippen LogP contribution in [0, 0.1) is 14.1 Å². The highest BCUT2D eigenvalue weighted by atomic mass is 32.1. The number of benzene rings is 2. The van der Waals surface area contributed by atoms with Gasteiger partial charge in [-0.15, -0.1) is 11.3 Å². The van der Waals surface area contributed by atoms with Crippen molar-refractivity contribution in [3.8, 4) is 11.6 Å². The molecule has 1 aromatic heterocycles. The Morgan fingerprint density at radius 2 is 2.00 bits per heavy atom. The number of methoxy groups -OCH3 is 1. The minimum Gasteiger partial charge on any atom is -0.497 e. The second-order valence-corrected chi connectivity index (χ2v) is 7.85. The molecule has 0 aliphatic carbocycles. The van der Waals surface area contributed by atoms with E-state index >= 15 is 0 Å². The molecule has 1 aliphatic heterocycles. The fraction of sp³-hybridized carbons (Fsp3) is 0.105. The molecule has 0 atom stereocenters. The molecule has 1 amide bonds. The Morgan fingerprint density at radius 1 is 1.28 bits per heavy atom. The molecular formula is C19H13N3O5S2. The van der Waals surface area contributed by atoms with Gasteiger partial charge in [-0.1, -0.05) is 12.1 Å². The molecule has 2 heterocycles. The predicted molar refractivity (Wildman–Crippen MR) is 108 cm³/mol. The number of hydrogen-bond acceptors (Lipinski definition) is 7. The van der Waals surface area contributed by atoms with Gasteiger partial charge in [-0.05, 0) is 36.0 Å². The van der Waals surface area contributed by atoms with Gasteiger partial charge in [0.2, 0.25) is 5.88 Å². The maximum Gasteiger partial charge on any atom is 0.279 e. The number of rotatable bonds is 5. The molecular weight excluding hydrogens is 414 g/mol. The topological polar surface area (TPSA) is 107 Å². The van der Waals surface area contributed by atoms with Crippen molar-refractivity contribution in [1.29, 1.82) is 0 Å². The van der Waals surface area contributed by atoms with E-state index in [1.54, 1.807) is 19.2 Å². The Balaban J connectivity index is 1.83. The lowest BCUT2D eigenvalue weighted by molar-refractivity contribution is -0.385. The summed E-state index contributed by atoms with van der Waals surface area (Å²) in [4.78, 5) is 27.2. The summed E-state index contributed by atoms with van der Waals surface area (Å²) in [5.74, 6) is -0.0307. The Kier molecular flexibility index (Phi) is 4.73. The summed E-state index contributed by atoms with van der Waals surface area (Å²) in [5, 5.41) is 22.5. The predicted octanol–water partition coefficient (Wildman–Crippen LogP) is 2.31. The van der Waals surface area contributed by atoms with Crippen molar-refractivity contribution < 1.29 is 19.6 Å². The van der Waals surface area contributed by atoms with Crippen LogP contribution >= 0.6 is 23.6 Å². The number of thiazole rings is 1. The molecule has 3 aromatic rings. The first kappa shape index (κ1) is 19.0. The van der Waals surface area contributed by atoms with Crippen LogP contribution in [0.2, 0.25) is 0 Å². The van der Waals surface area contributed by atoms with E-state index in [0.717, 1.165) is 16.9 Å².